The van der Waals surface area contributed by atoms with Gasteiger partial charge in [-0.15, -0.1) is 0 Å². The minimum Gasteiger partial charge on any atom is -0.497 e. The molecule has 6 rings (SSSR count). The maximum absolute atomic E-state index is 14.0. The third kappa shape index (κ3) is 11.9. The van der Waals surface area contributed by atoms with Gasteiger partial charge in [0.2, 0.25) is 0 Å². The van der Waals surface area contributed by atoms with E-state index < -0.39 is 31.6 Å². The molecule has 1 amide bonds. The van der Waals surface area contributed by atoms with E-state index in [-0.39, 0.29) is 56.1 Å². The van der Waals surface area contributed by atoms with Gasteiger partial charge in [0.25, 0.3) is 14.4 Å². The third-order valence-electron chi connectivity index (χ3n) is 11.2. The molecular formula is C50H61N6O8P. The zero-order chi connectivity index (χ0) is 46.6. The van der Waals surface area contributed by atoms with E-state index in [9.17, 15) is 14.9 Å². The largest absolute Gasteiger partial charge is 0.497 e. The predicted octanol–water partition coefficient (Wildman–Crippen LogP) is 8.79. The summed E-state index contributed by atoms with van der Waals surface area (Å²) in [6.07, 6.45) is 0.931. The lowest BCUT2D eigenvalue weighted by atomic mass is 9.79. The topological polar surface area (TPSA) is 150 Å². The summed E-state index contributed by atoms with van der Waals surface area (Å²) in [5.74, 6) is 1.11. The molecule has 14 nitrogen and oxygen atoms in total. The first-order chi connectivity index (χ1) is 31.3. The Hall–Kier alpha value is -5.49. The van der Waals surface area contributed by atoms with Gasteiger partial charge in [0.15, 0.2) is 6.23 Å². The van der Waals surface area contributed by atoms with Crippen LogP contribution in [0.3, 0.4) is 0 Å². The number of benzene rings is 4. The molecule has 1 N–H and O–H groups in total. The van der Waals surface area contributed by atoms with Crippen LogP contribution >= 0.6 is 8.53 Å². The van der Waals surface area contributed by atoms with Gasteiger partial charge < -0.3 is 33.3 Å². The molecule has 4 aromatic carbocycles. The number of hydrogen-bond acceptors (Lipinski definition) is 12. The van der Waals surface area contributed by atoms with Gasteiger partial charge in [-0.25, -0.2) is 9.46 Å². The molecule has 0 bridgehead atoms. The highest BCUT2D eigenvalue weighted by molar-refractivity contribution is 7.44. The first kappa shape index (κ1) is 49.0. The van der Waals surface area contributed by atoms with Crippen molar-refractivity contribution in [1.29, 1.82) is 5.26 Å². The summed E-state index contributed by atoms with van der Waals surface area (Å²) in [6.45, 7) is 13.4. The molecule has 65 heavy (non-hydrogen) atoms. The van der Waals surface area contributed by atoms with E-state index >= 15 is 0 Å². The zero-order valence-electron chi connectivity index (χ0n) is 38.5. The average Bonchev–Trinajstić information content (AvgIpc) is 3.31. The highest BCUT2D eigenvalue weighted by Crippen LogP contribution is 2.48. The number of nitriles is 1. The van der Waals surface area contributed by atoms with Gasteiger partial charge in [-0.3, -0.25) is 14.3 Å². The van der Waals surface area contributed by atoms with Crippen molar-refractivity contribution in [2.24, 2.45) is 0 Å². The first-order valence-corrected chi connectivity index (χ1v) is 23.0. The van der Waals surface area contributed by atoms with Gasteiger partial charge >= 0.3 is 5.69 Å². The molecule has 1 aliphatic heterocycles. The minimum absolute atomic E-state index is 0.00661. The number of rotatable bonds is 21. The van der Waals surface area contributed by atoms with Crippen LogP contribution in [-0.4, -0.2) is 95.9 Å². The maximum Gasteiger partial charge on any atom is 0.351 e. The highest BCUT2D eigenvalue weighted by Gasteiger charge is 2.48. The lowest BCUT2D eigenvalue weighted by Crippen LogP contribution is -2.61. The number of aromatic nitrogens is 2. The zero-order valence-corrected chi connectivity index (χ0v) is 39.4. The van der Waals surface area contributed by atoms with E-state index in [1.807, 2.05) is 84.9 Å². The van der Waals surface area contributed by atoms with Crippen molar-refractivity contribution in [1.82, 2.24) is 19.1 Å². The van der Waals surface area contributed by atoms with Gasteiger partial charge in [0.05, 0.1) is 46.5 Å². The van der Waals surface area contributed by atoms with Crippen LogP contribution in [0, 0.1) is 11.3 Å². The van der Waals surface area contributed by atoms with E-state index in [2.05, 4.69) is 67.5 Å². The van der Waals surface area contributed by atoms with Crippen LogP contribution < -0.4 is 20.5 Å². The number of carbonyl (C=O) groups is 1. The van der Waals surface area contributed by atoms with E-state index in [0.717, 1.165) is 16.7 Å². The monoisotopic (exact) mass is 904 g/mol. The fraction of sp³-hybridized carbons (Fsp3) is 0.400. The summed E-state index contributed by atoms with van der Waals surface area (Å²) in [6, 6.07) is 38.3. The molecule has 1 unspecified atom stereocenters. The molecule has 5 aromatic rings. The molecule has 344 valence electrons. The smallest absolute Gasteiger partial charge is 0.351 e. The van der Waals surface area contributed by atoms with Crippen LogP contribution in [0.15, 0.2) is 126 Å². The summed E-state index contributed by atoms with van der Waals surface area (Å²) in [4.78, 5) is 33.6. The van der Waals surface area contributed by atoms with Crippen LogP contribution in [-0.2, 0) is 24.1 Å². The van der Waals surface area contributed by atoms with Crippen molar-refractivity contribution in [3.63, 3.8) is 0 Å². The number of anilines is 1. The van der Waals surface area contributed by atoms with Gasteiger partial charge in [0.1, 0.15) is 28.5 Å². The molecule has 0 aliphatic carbocycles. The predicted molar refractivity (Wildman–Crippen MR) is 252 cm³/mol. The Labute approximate surface area is 384 Å². The number of hydrogen-bond donors (Lipinski definition) is 1. The number of nitrogens with one attached hydrogen (secondary N) is 1. The summed E-state index contributed by atoms with van der Waals surface area (Å²) in [7, 11) is 1.56. The van der Waals surface area contributed by atoms with Crippen molar-refractivity contribution in [3.8, 4) is 17.6 Å². The number of methoxy groups -OCH3 is 2. The molecule has 1 fully saturated rings. The second kappa shape index (κ2) is 22.6. The van der Waals surface area contributed by atoms with Crippen molar-refractivity contribution in [2.75, 3.05) is 52.4 Å². The maximum atomic E-state index is 14.0. The van der Waals surface area contributed by atoms with Crippen molar-refractivity contribution in [3.05, 3.63) is 154 Å². The molecule has 0 saturated carbocycles. The van der Waals surface area contributed by atoms with Gasteiger partial charge in [-0.1, -0.05) is 72.8 Å². The summed E-state index contributed by atoms with van der Waals surface area (Å²) < 4.78 is 43.0. The van der Waals surface area contributed by atoms with Gasteiger partial charge in [0, 0.05) is 43.0 Å². The van der Waals surface area contributed by atoms with E-state index in [0.29, 0.717) is 30.2 Å². The molecule has 2 heterocycles. The van der Waals surface area contributed by atoms with Crippen LogP contribution in [0.5, 0.6) is 11.5 Å². The SMILES string of the molecule is COc1ccc(C(OC[C@]2(COP(OCCC#N)N(C(C)C)C(C)C)CN(C(C)C)C[C@H](n3ccc(NC(=O)c4ccccc4)nc3=O)O2)(c2ccccc2)c2ccc(OC)cc2)cc1. The molecule has 1 saturated heterocycles. The minimum atomic E-state index is -1.71. The Morgan fingerprint density at radius 2 is 1.42 bits per heavy atom. The summed E-state index contributed by atoms with van der Waals surface area (Å²) >= 11 is 0. The van der Waals surface area contributed by atoms with Crippen molar-refractivity contribution >= 4 is 20.3 Å². The fourth-order valence-corrected chi connectivity index (χ4v) is 9.71. The standard InChI is InChI=1S/C50H61N6O8P/c1-36(2)54-32-46(55-30-28-45(53-48(55)58)52-47(57)39-16-11-9-12-17-39)64-49(33-54,35-63-65(62-31-15-29-51)56(37(3)4)38(5)6)34-61-50(40-18-13-10-14-19-40,41-20-24-43(59-7)25-21-41)42-22-26-44(60-8)27-23-42/h9-14,16-28,30,36-38,46H,15,31-35H2,1-8H3,(H,52,53,57,58)/t46-,49+,65?/m1/s1. The lowest BCUT2D eigenvalue weighted by Gasteiger charge is -2.49. The van der Waals surface area contributed by atoms with Gasteiger partial charge in [-0.05, 0) is 101 Å². The van der Waals surface area contributed by atoms with Crippen LogP contribution in [0.4, 0.5) is 5.82 Å². The van der Waals surface area contributed by atoms with E-state index in [1.54, 1.807) is 50.7 Å². The quantitative estimate of drug-likeness (QED) is 0.0426. The Bertz CT molecular complexity index is 2320. The van der Waals surface area contributed by atoms with Crippen LogP contribution in [0.2, 0.25) is 0 Å². The van der Waals surface area contributed by atoms with Crippen LogP contribution in [0.1, 0.15) is 81.2 Å². The average molecular weight is 905 g/mol. The molecule has 0 spiro atoms. The second-order valence-electron chi connectivity index (χ2n) is 16.7. The van der Waals surface area contributed by atoms with Crippen LogP contribution in [0.25, 0.3) is 0 Å². The Kier molecular flexibility index (Phi) is 17.0. The highest BCUT2D eigenvalue weighted by atomic mass is 31.2. The summed E-state index contributed by atoms with van der Waals surface area (Å²) in [5.41, 5.74) is -0.0949. The Balaban J connectivity index is 1.48. The number of amides is 1. The third-order valence-corrected chi connectivity index (χ3v) is 13.3. The Morgan fingerprint density at radius 1 is 0.846 bits per heavy atom. The normalized spacial score (nSPS) is 17.3. The Morgan fingerprint density at radius 3 is 1.94 bits per heavy atom. The van der Waals surface area contributed by atoms with Gasteiger partial charge in [-0.2, -0.15) is 10.2 Å². The fourth-order valence-electron chi connectivity index (χ4n) is 8.02. The van der Waals surface area contributed by atoms with E-state index in [1.165, 1.54) is 4.57 Å². The van der Waals surface area contributed by atoms with E-state index in [4.69, 9.17) is 28.0 Å². The van der Waals surface area contributed by atoms with Crippen molar-refractivity contribution < 1.29 is 32.8 Å². The molecular weight excluding hydrogens is 844 g/mol. The number of morpholine rings is 1. The molecule has 1 aliphatic rings. The lowest BCUT2D eigenvalue weighted by molar-refractivity contribution is -0.231. The summed E-state index contributed by atoms with van der Waals surface area (Å²) in [5, 5.41) is 12.2. The second-order valence-corrected chi connectivity index (χ2v) is 18.2. The molecule has 0 radical (unpaired) electrons. The number of ether oxygens (including phenoxy) is 4. The van der Waals surface area contributed by atoms with Crippen molar-refractivity contribution in [2.45, 2.75) is 83.5 Å². The molecule has 3 atom stereocenters. The first-order valence-electron chi connectivity index (χ1n) is 21.9. The molecule has 15 heteroatoms. The number of nitrogens with zero attached hydrogens (tertiary/aromatic N) is 5. The molecule has 1 aromatic heterocycles. The number of carbonyl (C=O) groups excluding carboxylic acids is 1.